The largest absolute Gasteiger partial charge is 0.598 e. The van der Waals surface area contributed by atoms with E-state index in [0.717, 1.165) is 11.1 Å². The molecular weight excluding hydrogens is 304 g/mol. The van der Waals surface area contributed by atoms with Gasteiger partial charge in [0.05, 0.1) is 32.2 Å². The van der Waals surface area contributed by atoms with Crippen LogP contribution in [0, 0.1) is 0 Å². The first kappa shape index (κ1) is 15.6. The summed E-state index contributed by atoms with van der Waals surface area (Å²) in [6, 6.07) is 7.73. The highest BCUT2D eigenvalue weighted by atomic mass is 32.2. The van der Waals surface area contributed by atoms with Gasteiger partial charge in [-0.3, -0.25) is 0 Å². The number of morpholine rings is 1. The summed E-state index contributed by atoms with van der Waals surface area (Å²) in [5, 5.41) is 11.6. The zero-order chi connectivity index (χ0) is 15.5. The van der Waals surface area contributed by atoms with Crippen LogP contribution in [0.4, 0.5) is 4.79 Å². The lowest BCUT2D eigenvalue weighted by atomic mass is 10.0. The van der Waals surface area contributed by atoms with Gasteiger partial charge in [0.15, 0.2) is 0 Å². The molecule has 1 aromatic rings. The molecule has 1 aliphatic heterocycles. The third-order valence-electron chi connectivity index (χ3n) is 4.27. The third-order valence-corrected chi connectivity index (χ3v) is 5.85. The van der Waals surface area contributed by atoms with Gasteiger partial charge >= 0.3 is 6.09 Å². The van der Waals surface area contributed by atoms with Crippen LogP contribution in [0.3, 0.4) is 0 Å². The molecule has 3 rings (SSSR count). The molecule has 2 N–H and O–H groups in total. The van der Waals surface area contributed by atoms with Gasteiger partial charge in [0.25, 0.3) is 0 Å². The van der Waals surface area contributed by atoms with E-state index in [-0.39, 0.29) is 12.0 Å². The fourth-order valence-electron chi connectivity index (χ4n) is 3.20. The molecule has 6 nitrogen and oxygen atoms in total. The quantitative estimate of drug-likeness (QED) is 0.806. The molecule has 1 heterocycles. The molecule has 2 aliphatic rings. The Hall–Kier alpha value is -1.28. The van der Waals surface area contributed by atoms with Crippen molar-refractivity contribution >= 4 is 17.5 Å². The molecule has 0 bridgehead atoms. The second-order valence-electron chi connectivity index (χ2n) is 5.59. The molecule has 1 saturated heterocycles. The van der Waals surface area contributed by atoms with Gasteiger partial charge in [-0.05, 0) is 17.5 Å². The van der Waals surface area contributed by atoms with E-state index in [0.29, 0.717) is 38.5 Å². The van der Waals surface area contributed by atoms with Gasteiger partial charge < -0.3 is 19.7 Å². The normalized spacial score (nSPS) is 26.4. The van der Waals surface area contributed by atoms with Gasteiger partial charge in [-0.1, -0.05) is 24.3 Å². The SMILES string of the molecule is O=C(O)N[C@@H]1Cc2ccccc2[C@@H]1C[S+]([O-])N1CCOCC1. The Balaban J connectivity index is 1.74. The van der Waals surface area contributed by atoms with Crippen LogP contribution in [0.25, 0.3) is 0 Å². The lowest BCUT2D eigenvalue weighted by molar-refractivity contribution is 0.0729. The topological polar surface area (TPSA) is 84.9 Å². The Bertz CT molecular complexity index is 536. The monoisotopic (exact) mass is 324 g/mol. The molecule has 1 unspecified atom stereocenters. The van der Waals surface area contributed by atoms with Gasteiger partial charge in [0, 0.05) is 17.4 Å². The summed E-state index contributed by atoms with van der Waals surface area (Å²) in [5.41, 5.74) is 2.26. The van der Waals surface area contributed by atoms with E-state index in [1.165, 1.54) is 0 Å². The molecule has 0 aromatic heterocycles. The number of ether oxygens (including phenoxy) is 1. The van der Waals surface area contributed by atoms with Crippen LogP contribution in [-0.2, 0) is 22.5 Å². The first-order chi connectivity index (χ1) is 10.6. The Kier molecular flexibility index (Phi) is 4.87. The van der Waals surface area contributed by atoms with Crippen molar-refractivity contribution in [1.29, 1.82) is 0 Å². The standard InChI is InChI=1S/C15H20N2O4S/c18-15(19)16-14-9-11-3-1-2-4-12(11)13(14)10-22(20)17-5-7-21-8-6-17/h1-4,13-14,16H,5-10H2,(H,18,19)/t13-,14+,22?/m0/s1. The number of nitrogens with zero attached hydrogens (tertiary/aromatic N) is 1. The number of rotatable bonds is 4. The van der Waals surface area contributed by atoms with Gasteiger partial charge in [-0.15, -0.1) is 4.31 Å². The molecule has 0 spiro atoms. The van der Waals surface area contributed by atoms with Crippen molar-refractivity contribution in [2.45, 2.75) is 18.4 Å². The maximum absolute atomic E-state index is 12.6. The Labute approximate surface area is 132 Å². The van der Waals surface area contributed by atoms with E-state index < -0.39 is 17.5 Å². The lowest BCUT2D eigenvalue weighted by Crippen LogP contribution is -2.45. The van der Waals surface area contributed by atoms with Crippen LogP contribution < -0.4 is 5.32 Å². The molecule has 1 aromatic carbocycles. The number of hydrogen-bond donors (Lipinski definition) is 2. The zero-order valence-corrected chi connectivity index (χ0v) is 13.1. The van der Waals surface area contributed by atoms with Gasteiger partial charge in [-0.25, -0.2) is 4.79 Å². The Morgan fingerprint density at radius 2 is 2.14 bits per heavy atom. The van der Waals surface area contributed by atoms with Crippen molar-refractivity contribution in [3.05, 3.63) is 35.4 Å². The minimum atomic E-state index is -1.12. The predicted molar refractivity (Wildman–Crippen MR) is 83.2 cm³/mol. The Morgan fingerprint density at radius 3 is 2.86 bits per heavy atom. The molecule has 3 atom stereocenters. The van der Waals surface area contributed by atoms with Crippen LogP contribution >= 0.6 is 0 Å². The summed E-state index contributed by atoms with van der Waals surface area (Å²) >= 11 is -1.12. The summed E-state index contributed by atoms with van der Waals surface area (Å²) in [7, 11) is 0. The molecule has 120 valence electrons. The van der Waals surface area contributed by atoms with Crippen LogP contribution in [0.1, 0.15) is 17.0 Å². The van der Waals surface area contributed by atoms with E-state index in [2.05, 4.69) is 5.32 Å². The minimum Gasteiger partial charge on any atom is -0.598 e. The maximum atomic E-state index is 12.6. The van der Waals surface area contributed by atoms with Gasteiger partial charge in [0.1, 0.15) is 5.75 Å². The lowest BCUT2D eigenvalue weighted by Gasteiger charge is -2.30. The van der Waals surface area contributed by atoms with Crippen molar-refractivity contribution in [3.8, 4) is 0 Å². The fraction of sp³-hybridized carbons (Fsp3) is 0.533. The zero-order valence-electron chi connectivity index (χ0n) is 12.2. The van der Waals surface area contributed by atoms with Crippen molar-refractivity contribution in [2.24, 2.45) is 0 Å². The highest BCUT2D eigenvalue weighted by Gasteiger charge is 2.38. The molecule has 1 fully saturated rings. The van der Waals surface area contributed by atoms with Crippen LogP contribution in [0.2, 0.25) is 0 Å². The van der Waals surface area contributed by atoms with Crippen LogP contribution in [-0.4, -0.2) is 58.2 Å². The summed E-state index contributed by atoms with van der Waals surface area (Å²) < 4.78 is 19.8. The fourth-order valence-corrected chi connectivity index (χ4v) is 4.69. The van der Waals surface area contributed by atoms with E-state index in [4.69, 9.17) is 9.84 Å². The first-order valence-electron chi connectivity index (χ1n) is 7.43. The number of fused-ring (bicyclic) bond motifs is 1. The molecule has 0 radical (unpaired) electrons. The highest BCUT2D eigenvalue weighted by Crippen LogP contribution is 2.35. The second kappa shape index (κ2) is 6.87. The van der Waals surface area contributed by atoms with Crippen molar-refractivity contribution < 1.29 is 19.2 Å². The Morgan fingerprint density at radius 1 is 1.41 bits per heavy atom. The highest BCUT2D eigenvalue weighted by molar-refractivity contribution is 7.89. The van der Waals surface area contributed by atoms with Crippen molar-refractivity contribution in [2.75, 3.05) is 32.1 Å². The number of carbonyl (C=O) groups is 1. The van der Waals surface area contributed by atoms with Crippen LogP contribution in [0.5, 0.6) is 0 Å². The summed E-state index contributed by atoms with van der Waals surface area (Å²) in [6.07, 6.45) is -0.368. The maximum Gasteiger partial charge on any atom is 0.404 e. The molecular formula is C15H20N2O4S. The summed E-state index contributed by atoms with van der Waals surface area (Å²) in [6.45, 7) is 2.53. The number of carboxylic acid groups (broad SMARTS) is 1. The van der Waals surface area contributed by atoms with Crippen molar-refractivity contribution in [3.63, 3.8) is 0 Å². The molecule has 22 heavy (non-hydrogen) atoms. The molecule has 0 saturated carbocycles. The molecule has 1 aliphatic carbocycles. The van der Waals surface area contributed by atoms with Crippen molar-refractivity contribution in [1.82, 2.24) is 9.62 Å². The molecule has 1 amide bonds. The number of benzene rings is 1. The summed E-state index contributed by atoms with van der Waals surface area (Å²) in [4.78, 5) is 11.0. The van der Waals surface area contributed by atoms with Gasteiger partial charge in [-0.2, -0.15) is 0 Å². The average Bonchev–Trinajstić information content (AvgIpc) is 2.85. The van der Waals surface area contributed by atoms with Gasteiger partial charge in [0.2, 0.25) is 0 Å². The summed E-state index contributed by atoms with van der Waals surface area (Å²) in [5.74, 6) is 0.401. The number of nitrogens with one attached hydrogen (secondary N) is 1. The minimum absolute atomic E-state index is 0.0454. The third kappa shape index (κ3) is 3.38. The average molecular weight is 324 g/mol. The second-order valence-corrected chi connectivity index (χ2v) is 7.09. The molecule has 7 heteroatoms. The van der Waals surface area contributed by atoms with E-state index >= 15 is 0 Å². The first-order valence-corrected chi connectivity index (χ1v) is 8.71. The predicted octanol–water partition coefficient (Wildman–Crippen LogP) is 0.958. The van der Waals surface area contributed by atoms with E-state index in [1.54, 1.807) is 0 Å². The smallest absolute Gasteiger partial charge is 0.404 e. The number of amides is 1. The number of hydrogen-bond acceptors (Lipinski definition) is 4. The van der Waals surface area contributed by atoms with E-state index in [9.17, 15) is 9.35 Å². The van der Waals surface area contributed by atoms with Crippen LogP contribution in [0.15, 0.2) is 24.3 Å². The van der Waals surface area contributed by atoms with E-state index in [1.807, 2.05) is 28.6 Å².